The van der Waals surface area contributed by atoms with Gasteiger partial charge in [-0.05, 0) is 49.3 Å². The van der Waals surface area contributed by atoms with Crippen LogP contribution in [0.4, 0.5) is 0 Å². The zero-order valence-corrected chi connectivity index (χ0v) is 16.9. The van der Waals surface area contributed by atoms with Crippen LogP contribution in [-0.4, -0.2) is 45.0 Å². The first-order valence-corrected chi connectivity index (χ1v) is 10.1. The summed E-state index contributed by atoms with van der Waals surface area (Å²) in [4.78, 5) is 15.9. The van der Waals surface area contributed by atoms with Crippen LogP contribution in [0.3, 0.4) is 0 Å². The fourth-order valence-corrected chi connectivity index (χ4v) is 3.99. The van der Waals surface area contributed by atoms with Crippen LogP contribution < -0.4 is 5.32 Å². The zero-order chi connectivity index (χ0) is 19.1. The number of nitrogens with zero attached hydrogens (tertiary/aromatic N) is 5. The summed E-state index contributed by atoms with van der Waals surface area (Å²) in [6.45, 7) is 10.5. The second-order valence-electron chi connectivity index (χ2n) is 7.75. The van der Waals surface area contributed by atoms with Crippen LogP contribution in [0.2, 0.25) is 0 Å². The van der Waals surface area contributed by atoms with Crippen molar-refractivity contribution in [1.29, 1.82) is 0 Å². The number of likely N-dealkylation sites (tertiary alicyclic amines) is 1. The maximum absolute atomic E-state index is 4.93. The lowest BCUT2D eigenvalue weighted by Gasteiger charge is -2.42. The predicted octanol–water partition coefficient (Wildman–Crippen LogP) is 3.64. The Morgan fingerprint density at radius 1 is 1.33 bits per heavy atom. The standard InChI is InChI=1S/C21H32N6/c1-4-8-21(3)9-6-12-26(16-21)20(23-5-2)25-15-18-7-10-24-19(14-18)27-13-11-22-17-27/h7,10-11,13-14,17H,4-6,8-9,12,15-16H2,1-3H3,(H,23,25). The number of aliphatic imine (C=N–C) groups is 1. The molecule has 2 aromatic rings. The molecule has 27 heavy (non-hydrogen) atoms. The van der Waals surface area contributed by atoms with Crippen LogP contribution in [-0.2, 0) is 6.54 Å². The first-order valence-electron chi connectivity index (χ1n) is 10.1. The first kappa shape index (κ1) is 19.4. The van der Waals surface area contributed by atoms with Gasteiger partial charge in [0.05, 0.1) is 6.54 Å². The molecule has 1 N–H and O–H groups in total. The van der Waals surface area contributed by atoms with E-state index in [1.165, 1.54) is 25.7 Å². The normalized spacial score (nSPS) is 20.7. The third-order valence-corrected chi connectivity index (χ3v) is 5.26. The highest BCUT2D eigenvalue weighted by atomic mass is 15.3. The monoisotopic (exact) mass is 368 g/mol. The largest absolute Gasteiger partial charge is 0.357 e. The molecular formula is C21H32N6. The quantitative estimate of drug-likeness (QED) is 0.625. The van der Waals surface area contributed by atoms with Crippen LogP contribution in [0.5, 0.6) is 0 Å². The van der Waals surface area contributed by atoms with E-state index in [-0.39, 0.29) is 0 Å². The molecule has 0 aromatic carbocycles. The van der Waals surface area contributed by atoms with Crippen molar-refractivity contribution in [1.82, 2.24) is 24.8 Å². The lowest BCUT2D eigenvalue weighted by Crippen LogP contribution is -2.49. The molecule has 0 bridgehead atoms. The van der Waals surface area contributed by atoms with Crippen molar-refractivity contribution < 1.29 is 0 Å². The highest BCUT2D eigenvalue weighted by Gasteiger charge is 2.31. The molecule has 146 valence electrons. The lowest BCUT2D eigenvalue weighted by molar-refractivity contribution is 0.142. The molecule has 0 radical (unpaired) electrons. The molecule has 1 atom stereocenters. The van der Waals surface area contributed by atoms with Crippen LogP contribution in [0.25, 0.3) is 5.82 Å². The average molecular weight is 369 g/mol. The van der Waals surface area contributed by atoms with Crippen molar-refractivity contribution in [2.45, 2.75) is 53.0 Å². The molecule has 6 heteroatoms. The molecular weight excluding hydrogens is 336 g/mol. The maximum atomic E-state index is 4.93. The SMILES string of the molecule is CCCC1(C)CCCN(C(=NCc2ccnc(-n3ccnc3)c2)NCC)C1. The highest BCUT2D eigenvalue weighted by Crippen LogP contribution is 2.33. The van der Waals surface area contributed by atoms with E-state index in [1.807, 2.05) is 23.0 Å². The van der Waals surface area contributed by atoms with Gasteiger partial charge in [-0.3, -0.25) is 4.57 Å². The number of aromatic nitrogens is 3. The fraction of sp³-hybridized carbons (Fsp3) is 0.571. The smallest absolute Gasteiger partial charge is 0.194 e. The van der Waals surface area contributed by atoms with E-state index in [0.29, 0.717) is 12.0 Å². The molecule has 3 rings (SSSR count). The number of hydrogen-bond acceptors (Lipinski definition) is 3. The molecule has 6 nitrogen and oxygen atoms in total. The zero-order valence-electron chi connectivity index (χ0n) is 16.9. The van der Waals surface area contributed by atoms with Gasteiger partial charge in [-0.25, -0.2) is 15.0 Å². The first-order chi connectivity index (χ1) is 13.1. The summed E-state index contributed by atoms with van der Waals surface area (Å²) in [7, 11) is 0. The number of rotatable bonds is 6. The number of pyridine rings is 1. The van der Waals surface area contributed by atoms with E-state index in [1.54, 1.807) is 12.5 Å². The van der Waals surface area contributed by atoms with E-state index in [0.717, 1.165) is 37.0 Å². The Labute approximate surface area is 162 Å². The van der Waals surface area contributed by atoms with Crippen molar-refractivity contribution in [2.75, 3.05) is 19.6 Å². The van der Waals surface area contributed by atoms with E-state index in [2.05, 4.69) is 47.0 Å². The molecule has 1 fully saturated rings. The Morgan fingerprint density at radius 3 is 2.96 bits per heavy atom. The predicted molar refractivity (Wildman–Crippen MR) is 110 cm³/mol. The highest BCUT2D eigenvalue weighted by molar-refractivity contribution is 5.80. The lowest BCUT2D eigenvalue weighted by atomic mass is 9.78. The molecule has 0 amide bonds. The molecule has 0 spiro atoms. The minimum atomic E-state index is 0.397. The summed E-state index contributed by atoms with van der Waals surface area (Å²) < 4.78 is 1.92. The Balaban J connectivity index is 1.73. The summed E-state index contributed by atoms with van der Waals surface area (Å²) in [5.74, 6) is 1.90. The summed E-state index contributed by atoms with van der Waals surface area (Å²) in [5, 5.41) is 3.49. The van der Waals surface area contributed by atoms with E-state index in [4.69, 9.17) is 4.99 Å². The number of hydrogen-bond donors (Lipinski definition) is 1. The van der Waals surface area contributed by atoms with E-state index < -0.39 is 0 Å². The van der Waals surface area contributed by atoms with Gasteiger partial charge in [-0.15, -0.1) is 0 Å². The van der Waals surface area contributed by atoms with Crippen molar-refractivity contribution in [3.05, 3.63) is 42.6 Å². The van der Waals surface area contributed by atoms with Crippen molar-refractivity contribution in [3.63, 3.8) is 0 Å². The number of piperidine rings is 1. The second kappa shape index (κ2) is 9.02. The van der Waals surface area contributed by atoms with Crippen LogP contribution in [0.15, 0.2) is 42.0 Å². The number of nitrogens with one attached hydrogen (secondary N) is 1. The fourth-order valence-electron chi connectivity index (χ4n) is 3.99. The number of imidazole rings is 1. The van der Waals surface area contributed by atoms with Gasteiger partial charge < -0.3 is 10.2 Å². The van der Waals surface area contributed by atoms with Crippen LogP contribution in [0, 0.1) is 5.41 Å². The van der Waals surface area contributed by atoms with Gasteiger partial charge in [0.15, 0.2) is 5.96 Å². The number of guanidine groups is 1. The van der Waals surface area contributed by atoms with Crippen molar-refractivity contribution in [3.8, 4) is 5.82 Å². The third kappa shape index (κ3) is 5.08. The Morgan fingerprint density at radius 2 is 2.22 bits per heavy atom. The van der Waals surface area contributed by atoms with E-state index >= 15 is 0 Å². The van der Waals surface area contributed by atoms with Crippen molar-refractivity contribution in [2.24, 2.45) is 10.4 Å². The van der Waals surface area contributed by atoms with Crippen molar-refractivity contribution >= 4 is 5.96 Å². The molecule has 0 saturated carbocycles. The summed E-state index contributed by atoms with van der Waals surface area (Å²) in [6, 6.07) is 4.11. The summed E-state index contributed by atoms with van der Waals surface area (Å²) >= 11 is 0. The molecule has 1 unspecified atom stereocenters. The van der Waals surface area contributed by atoms with Gasteiger partial charge >= 0.3 is 0 Å². The third-order valence-electron chi connectivity index (χ3n) is 5.26. The Hall–Kier alpha value is -2.37. The Kier molecular flexibility index (Phi) is 6.48. The van der Waals surface area contributed by atoms with Gasteiger partial charge in [-0.2, -0.15) is 0 Å². The van der Waals surface area contributed by atoms with Crippen LogP contribution >= 0.6 is 0 Å². The van der Waals surface area contributed by atoms with Crippen LogP contribution in [0.1, 0.15) is 52.0 Å². The minimum absolute atomic E-state index is 0.397. The summed E-state index contributed by atoms with van der Waals surface area (Å²) in [6.07, 6.45) is 12.3. The van der Waals surface area contributed by atoms with Gasteiger partial charge in [-0.1, -0.05) is 20.3 Å². The molecule has 1 aliphatic heterocycles. The maximum Gasteiger partial charge on any atom is 0.194 e. The average Bonchev–Trinajstić information content (AvgIpc) is 3.20. The minimum Gasteiger partial charge on any atom is -0.357 e. The Bertz CT molecular complexity index is 735. The molecule has 1 saturated heterocycles. The molecule has 0 aliphatic carbocycles. The topological polar surface area (TPSA) is 58.3 Å². The second-order valence-corrected chi connectivity index (χ2v) is 7.75. The molecule has 2 aromatic heterocycles. The van der Waals surface area contributed by atoms with Gasteiger partial charge in [0.1, 0.15) is 12.1 Å². The molecule has 1 aliphatic rings. The molecule has 3 heterocycles. The van der Waals surface area contributed by atoms with Gasteiger partial charge in [0, 0.05) is 38.2 Å². The van der Waals surface area contributed by atoms with Gasteiger partial charge in [0.25, 0.3) is 0 Å². The summed E-state index contributed by atoms with van der Waals surface area (Å²) in [5.41, 5.74) is 1.55. The van der Waals surface area contributed by atoms with E-state index in [9.17, 15) is 0 Å². The van der Waals surface area contributed by atoms with Gasteiger partial charge in [0.2, 0.25) is 0 Å².